The van der Waals surface area contributed by atoms with Gasteiger partial charge in [-0.2, -0.15) is 0 Å². The van der Waals surface area contributed by atoms with E-state index in [9.17, 15) is 19.5 Å². The first kappa shape index (κ1) is 23.8. The summed E-state index contributed by atoms with van der Waals surface area (Å²) in [5, 5.41) is 14.7. The molecule has 1 unspecified atom stereocenters. The summed E-state index contributed by atoms with van der Waals surface area (Å²) in [6.07, 6.45) is -1.17. The van der Waals surface area contributed by atoms with E-state index < -0.39 is 30.3 Å². The number of carboxylic acids is 1. The molecule has 34 heavy (non-hydrogen) atoms. The minimum Gasteiger partial charge on any atom is -0.479 e. The van der Waals surface area contributed by atoms with Crippen molar-refractivity contribution in [1.29, 1.82) is 0 Å². The van der Waals surface area contributed by atoms with Gasteiger partial charge in [0.1, 0.15) is 6.61 Å². The number of carbonyl (C=O) groups is 3. The molecule has 0 spiro atoms. The van der Waals surface area contributed by atoms with Crippen molar-refractivity contribution in [3.8, 4) is 11.1 Å². The van der Waals surface area contributed by atoms with Crippen LogP contribution in [0.3, 0.4) is 0 Å². The topological polar surface area (TPSA) is 114 Å². The van der Waals surface area contributed by atoms with E-state index in [1.54, 1.807) is 0 Å². The molecule has 0 radical (unpaired) electrons. The lowest BCUT2D eigenvalue weighted by Gasteiger charge is -2.24. The summed E-state index contributed by atoms with van der Waals surface area (Å²) >= 11 is 0. The molecule has 2 aliphatic rings. The van der Waals surface area contributed by atoms with Crippen LogP contribution < -0.4 is 10.6 Å². The number of hydrogen-bond acceptors (Lipinski definition) is 5. The summed E-state index contributed by atoms with van der Waals surface area (Å²) in [5.74, 6) is -1.50. The van der Waals surface area contributed by atoms with E-state index in [0.717, 1.165) is 22.3 Å². The Labute approximate surface area is 198 Å². The predicted octanol–water partition coefficient (Wildman–Crippen LogP) is 3.30. The fourth-order valence-corrected chi connectivity index (χ4v) is 4.69. The van der Waals surface area contributed by atoms with E-state index in [0.29, 0.717) is 6.42 Å². The lowest BCUT2D eigenvalue weighted by molar-refractivity contribution is -0.148. The SMILES string of the molecule is CC(C)C(CC(=O)N[C@H]1CCO[C@H]1C(=O)O)NC(=O)OCC1c2ccccc2-c2ccccc21. The third kappa shape index (κ3) is 5.07. The van der Waals surface area contributed by atoms with Crippen LogP contribution in [0.4, 0.5) is 4.79 Å². The number of nitrogens with one attached hydrogen (secondary N) is 2. The summed E-state index contributed by atoms with van der Waals surface area (Å²) in [4.78, 5) is 36.5. The average Bonchev–Trinajstić information content (AvgIpc) is 3.40. The Kier molecular flexibility index (Phi) is 7.17. The van der Waals surface area contributed by atoms with Crippen molar-refractivity contribution in [2.45, 2.75) is 50.8 Å². The molecule has 2 aromatic carbocycles. The zero-order valence-electron chi connectivity index (χ0n) is 19.3. The standard InChI is InChI=1S/C26H30N2O6/c1-15(2)22(13-23(29)27-21-11-12-33-24(21)25(30)31)28-26(32)34-14-20-18-9-5-3-7-16(18)17-8-4-6-10-19(17)20/h3-10,15,20-22,24H,11-14H2,1-2H3,(H,27,29)(H,28,32)(H,30,31)/t21-,22?,24+/m0/s1. The Morgan fingerprint density at radius 2 is 1.68 bits per heavy atom. The Balaban J connectivity index is 1.34. The number of aliphatic carboxylic acids is 1. The van der Waals surface area contributed by atoms with Gasteiger partial charge in [0.05, 0.1) is 6.04 Å². The van der Waals surface area contributed by atoms with Gasteiger partial charge >= 0.3 is 12.1 Å². The minimum absolute atomic E-state index is 0.0186. The van der Waals surface area contributed by atoms with Crippen LogP contribution >= 0.6 is 0 Å². The van der Waals surface area contributed by atoms with Crippen LogP contribution in [0.2, 0.25) is 0 Å². The first-order chi connectivity index (χ1) is 16.3. The van der Waals surface area contributed by atoms with E-state index in [-0.39, 0.29) is 37.4 Å². The van der Waals surface area contributed by atoms with E-state index in [2.05, 4.69) is 34.9 Å². The number of rotatable bonds is 8. The van der Waals surface area contributed by atoms with Gasteiger partial charge in [0, 0.05) is 25.0 Å². The van der Waals surface area contributed by atoms with Crippen LogP contribution in [0.1, 0.15) is 43.7 Å². The van der Waals surface area contributed by atoms with Gasteiger partial charge < -0.3 is 25.2 Å². The summed E-state index contributed by atoms with van der Waals surface area (Å²) in [5.41, 5.74) is 4.56. The number of carbonyl (C=O) groups excluding carboxylic acids is 2. The Morgan fingerprint density at radius 3 is 2.26 bits per heavy atom. The molecule has 3 atom stereocenters. The molecule has 0 aromatic heterocycles. The van der Waals surface area contributed by atoms with E-state index in [4.69, 9.17) is 9.47 Å². The highest BCUT2D eigenvalue weighted by Gasteiger charge is 2.36. The molecular weight excluding hydrogens is 436 g/mol. The molecule has 1 aliphatic heterocycles. The monoisotopic (exact) mass is 466 g/mol. The largest absolute Gasteiger partial charge is 0.479 e. The second-order valence-corrected chi connectivity index (χ2v) is 9.12. The van der Waals surface area contributed by atoms with Gasteiger partial charge in [-0.15, -0.1) is 0 Å². The zero-order valence-corrected chi connectivity index (χ0v) is 19.3. The first-order valence-electron chi connectivity index (χ1n) is 11.6. The number of hydrogen-bond donors (Lipinski definition) is 3. The molecule has 8 heteroatoms. The smallest absolute Gasteiger partial charge is 0.407 e. The van der Waals surface area contributed by atoms with Crippen LogP contribution in [0.25, 0.3) is 11.1 Å². The van der Waals surface area contributed by atoms with Gasteiger partial charge in [0.15, 0.2) is 6.10 Å². The molecule has 1 heterocycles. The zero-order chi connectivity index (χ0) is 24.2. The number of amides is 2. The second kappa shape index (κ2) is 10.3. The maximum absolute atomic E-state index is 12.6. The van der Waals surface area contributed by atoms with E-state index in [1.165, 1.54) is 0 Å². The maximum Gasteiger partial charge on any atom is 0.407 e. The van der Waals surface area contributed by atoms with Crippen molar-refractivity contribution in [3.05, 3.63) is 59.7 Å². The first-order valence-corrected chi connectivity index (χ1v) is 11.6. The van der Waals surface area contributed by atoms with Crippen molar-refractivity contribution >= 4 is 18.0 Å². The summed E-state index contributed by atoms with van der Waals surface area (Å²) in [6.45, 7) is 4.28. The predicted molar refractivity (Wildman–Crippen MR) is 125 cm³/mol. The number of benzene rings is 2. The molecule has 1 fully saturated rings. The van der Waals surface area contributed by atoms with Crippen LogP contribution in [0, 0.1) is 5.92 Å². The highest BCUT2D eigenvalue weighted by molar-refractivity contribution is 5.81. The lowest BCUT2D eigenvalue weighted by atomic mass is 9.98. The summed E-state index contributed by atoms with van der Waals surface area (Å²) < 4.78 is 10.8. The van der Waals surface area contributed by atoms with E-state index in [1.807, 2.05) is 38.1 Å². The van der Waals surface area contributed by atoms with Crippen molar-refractivity contribution in [2.75, 3.05) is 13.2 Å². The Morgan fingerprint density at radius 1 is 1.06 bits per heavy atom. The minimum atomic E-state index is -1.10. The van der Waals surface area contributed by atoms with Crippen molar-refractivity contribution < 1.29 is 29.0 Å². The second-order valence-electron chi connectivity index (χ2n) is 9.12. The average molecular weight is 467 g/mol. The van der Waals surface area contributed by atoms with E-state index >= 15 is 0 Å². The van der Waals surface area contributed by atoms with Gasteiger partial charge in [-0.3, -0.25) is 4.79 Å². The quantitative estimate of drug-likeness (QED) is 0.550. The fourth-order valence-electron chi connectivity index (χ4n) is 4.69. The fraction of sp³-hybridized carbons (Fsp3) is 0.423. The third-order valence-corrected chi connectivity index (χ3v) is 6.54. The van der Waals surface area contributed by atoms with Gasteiger partial charge in [-0.1, -0.05) is 62.4 Å². The van der Waals surface area contributed by atoms with Gasteiger partial charge in [0.2, 0.25) is 5.91 Å². The highest BCUT2D eigenvalue weighted by atomic mass is 16.5. The van der Waals surface area contributed by atoms with Crippen LogP contribution in [0.15, 0.2) is 48.5 Å². The van der Waals surface area contributed by atoms with Crippen molar-refractivity contribution in [1.82, 2.24) is 10.6 Å². The normalized spacial score (nSPS) is 19.9. The maximum atomic E-state index is 12.6. The summed E-state index contributed by atoms with van der Waals surface area (Å²) in [6, 6.07) is 15.2. The molecule has 2 aromatic rings. The molecule has 1 aliphatic carbocycles. The number of ether oxygens (including phenoxy) is 2. The molecule has 8 nitrogen and oxygen atoms in total. The van der Waals surface area contributed by atoms with Crippen LogP contribution in [-0.4, -0.2) is 54.5 Å². The Hall–Kier alpha value is -3.39. The van der Waals surface area contributed by atoms with Crippen LogP contribution in [0.5, 0.6) is 0 Å². The summed E-state index contributed by atoms with van der Waals surface area (Å²) in [7, 11) is 0. The van der Waals surface area contributed by atoms with Crippen LogP contribution in [-0.2, 0) is 19.1 Å². The number of fused-ring (bicyclic) bond motifs is 3. The lowest BCUT2D eigenvalue weighted by Crippen LogP contribution is -2.47. The number of alkyl carbamates (subject to hydrolysis) is 1. The Bertz CT molecular complexity index is 1020. The molecular formula is C26H30N2O6. The molecule has 0 bridgehead atoms. The van der Waals surface area contributed by atoms with Gasteiger partial charge in [0.25, 0.3) is 0 Å². The van der Waals surface area contributed by atoms with Gasteiger partial charge in [-0.25, -0.2) is 9.59 Å². The molecule has 180 valence electrons. The molecule has 4 rings (SSSR count). The molecule has 1 saturated heterocycles. The number of carboxylic acid groups (broad SMARTS) is 1. The van der Waals surface area contributed by atoms with Gasteiger partial charge in [-0.05, 0) is 34.6 Å². The molecule has 3 N–H and O–H groups in total. The third-order valence-electron chi connectivity index (χ3n) is 6.54. The molecule has 2 amide bonds. The molecule has 0 saturated carbocycles. The van der Waals surface area contributed by atoms with Crippen molar-refractivity contribution in [3.63, 3.8) is 0 Å². The highest BCUT2D eigenvalue weighted by Crippen LogP contribution is 2.44. The van der Waals surface area contributed by atoms with Crippen molar-refractivity contribution in [2.24, 2.45) is 5.92 Å².